The van der Waals surface area contributed by atoms with Crippen molar-refractivity contribution in [2.75, 3.05) is 5.73 Å². The van der Waals surface area contributed by atoms with Gasteiger partial charge in [-0.05, 0) is 25.1 Å². The maximum absolute atomic E-state index is 12.4. The van der Waals surface area contributed by atoms with Gasteiger partial charge < -0.3 is 5.73 Å². The minimum atomic E-state index is -4.50. The summed E-state index contributed by atoms with van der Waals surface area (Å²) in [6.45, 7) is 1.54. The Kier molecular flexibility index (Phi) is 3.62. The van der Waals surface area contributed by atoms with Crippen molar-refractivity contribution < 1.29 is 18.0 Å². The highest BCUT2D eigenvalue weighted by atomic mass is 79.9. The van der Waals surface area contributed by atoms with E-state index in [4.69, 9.17) is 5.73 Å². The van der Waals surface area contributed by atoms with Gasteiger partial charge in [-0.2, -0.15) is 13.2 Å². The molecule has 0 fully saturated rings. The second-order valence-electron chi connectivity index (χ2n) is 3.32. The lowest BCUT2D eigenvalue weighted by atomic mass is 10.0. The van der Waals surface area contributed by atoms with Crippen LogP contribution in [-0.2, 0) is 6.18 Å². The monoisotopic (exact) mass is 295 g/mol. The summed E-state index contributed by atoms with van der Waals surface area (Å²) in [6, 6.07) is 2.83. The molecular formula is C10H9BrF3NO. The summed E-state index contributed by atoms with van der Waals surface area (Å²) in [6.07, 6.45) is -4.50. The van der Waals surface area contributed by atoms with E-state index >= 15 is 0 Å². The Balaban J connectivity index is 3.24. The normalized spacial score (nSPS) is 13.6. The van der Waals surface area contributed by atoms with Crippen LogP contribution in [0.1, 0.15) is 22.8 Å². The number of halogens is 4. The van der Waals surface area contributed by atoms with Crippen LogP contribution in [0, 0.1) is 0 Å². The van der Waals surface area contributed by atoms with Crippen LogP contribution in [0.25, 0.3) is 0 Å². The molecule has 2 N–H and O–H groups in total. The summed E-state index contributed by atoms with van der Waals surface area (Å²) in [7, 11) is 0. The number of Topliss-reactive ketones (excluding diaryl/α,β-unsaturated/α-hetero) is 1. The molecule has 0 amide bonds. The predicted octanol–water partition coefficient (Wildman–Crippen LogP) is 3.25. The van der Waals surface area contributed by atoms with E-state index in [0.717, 1.165) is 12.1 Å². The van der Waals surface area contributed by atoms with Crippen molar-refractivity contribution >= 4 is 27.4 Å². The van der Waals surface area contributed by atoms with E-state index < -0.39 is 22.4 Å². The van der Waals surface area contributed by atoms with E-state index in [2.05, 4.69) is 15.9 Å². The van der Waals surface area contributed by atoms with Crippen LogP contribution in [0.5, 0.6) is 0 Å². The van der Waals surface area contributed by atoms with E-state index in [1.165, 1.54) is 6.07 Å². The van der Waals surface area contributed by atoms with Gasteiger partial charge in [0, 0.05) is 11.3 Å². The van der Waals surface area contributed by atoms with Crippen molar-refractivity contribution in [2.24, 2.45) is 0 Å². The number of nitrogen functional groups attached to an aromatic ring is 1. The van der Waals surface area contributed by atoms with E-state index in [1.54, 1.807) is 6.92 Å². The molecule has 0 saturated heterocycles. The molecule has 1 unspecified atom stereocenters. The zero-order valence-electron chi connectivity index (χ0n) is 8.31. The fourth-order valence-electron chi connectivity index (χ4n) is 1.19. The number of rotatable bonds is 2. The average Bonchev–Trinajstić information content (AvgIpc) is 2.14. The smallest absolute Gasteiger partial charge is 0.399 e. The lowest BCUT2D eigenvalue weighted by Crippen LogP contribution is -2.13. The molecule has 0 aliphatic carbocycles. The summed E-state index contributed by atoms with van der Waals surface area (Å²) in [4.78, 5) is 11.0. The minimum absolute atomic E-state index is 0.0447. The molecule has 0 heterocycles. The van der Waals surface area contributed by atoms with Crippen molar-refractivity contribution in [1.29, 1.82) is 0 Å². The molecule has 1 aromatic rings. The number of alkyl halides is 4. The average molecular weight is 296 g/mol. The molecule has 88 valence electrons. The summed E-state index contributed by atoms with van der Waals surface area (Å²) in [5, 5.41) is 0. The molecular weight excluding hydrogens is 287 g/mol. The maximum atomic E-state index is 12.4. The summed E-state index contributed by atoms with van der Waals surface area (Å²) >= 11 is 3.00. The zero-order valence-corrected chi connectivity index (χ0v) is 9.89. The molecule has 1 aromatic carbocycles. The number of hydrogen-bond acceptors (Lipinski definition) is 2. The maximum Gasteiger partial charge on any atom is 0.416 e. The lowest BCUT2D eigenvalue weighted by molar-refractivity contribution is -0.137. The van der Waals surface area contributed by atoms with Crippen LogP contribution in [0.3, 0.4) is 0 Å². The number of carbonyl (C=O) groups excluding carboxylic acids is 1. The van der Waals surface area contributed by atoms with Gasteiger partial charge in [0.2, 0.25) is 0 Å². The number of hydrogen-bond donors (Lipinski definition) is 1. The van der Waals surface area contributed by atoms with Crippen LogP contribution >= 0.6 is 15.9 Å². The fourth-order valence-corrected chi connectivity index (χ4v) is 1.45. The topological polar surface area (TPSA) is 43.1 Å². The minimum Gasteiger partial charge on any atom is -0.399 e. The molecule has 0 radical (unpaired) electrons. The number of nitrogens with two attached hydrogens (primary N) is 1. The van der Waals surface area contributed by atoms with Crippen LogP contribution in [-0.4, -0.2) is 10.6 Å². The number of benzene rings is 1. The Labute approximate surface area is 98.8 Å². The Hall–Kier alpha value is -1.04. The van der Waals surface area contributed by atoms with Gasteiger partial charge in [0.05, 0.1) is 10.4 Å². The van der Waals surface area contributed by atoms with Gasteiger partial charge in [0.25, 0.3) is 0 Å². The molecule has 0 saturated carbocycles. The van der Waals surface area contributed by atoms with E-state index in [-0.39, 0.29) is 11.3 Å². The third-order valence-electron chi connectivity index (χ3n) is 1.93. The van der Waals surface area contributed by atoms with Crippen LogP contribution < -0.4 is 5.73 Å². The first-order valence-electron chi connectivity index (χ1n) is 4.38. The van der Waals surface area contributed by atoms with Crippen LogP contribution in [0.15, 0.2) is 18.2 Å². The van der Waals surface area contributed by atoms with Crippen LogP contribution in [0.4, 0.5) is 18.9 Å². The van der Waals surface area contributed by atoms with Gasteiger partial charge in [-0.25, -0.2) is 0 Å². The van der Waals surface area contributed by atoms with E-state index in [0.29, 0.717) is 0 Å². The van der Waals surface area contributed by atoms with Crippen LogP contribution in [0.2, 0.25) is 0 Å². The van der Waals surface area contributed by atoms with Gasteiger partial charge in [-0.1, -0.05) is 15.9 Å². The lowest BCUT2D eigenvalue weighted by Gasteiger charge is -2.10. The third kappa shape index (κ3) is 2.98. The number of anilines is 1. The van der Waals surface area contributed by atoms with E-state index in [9.17, 15) is 18.0 Å². The SMILES string of the molecule is CC(Br)C(=O)c1cc(N)cc(C(F)(F)F)c1. The molecule has 0 spiro atoms. The fraction of sp³-hybridized carbons (Fsp3) is 0.300. The molecule has 0 aliphatic heterocycles. The summed E-state index contributed by atoms with van der Waals surface area (Å²) in [5.74, 6) is -0.433. The highest BCUT2D eigenvalue weighted by Gasteiger charge is 2.31. The van der Waals surface area contributed by atoms with Gasteiger partial charge in [-0.15, -0.1) is 0 Å². The molecule has 1 atom stereocenters. The molecule has 0 bridgehead atoms. The Morgan fingerprint density at radius 2 is 1.94 bits per heavy atom. The molecule has 6 heteroatoms. The standard InChI is InChI=1S/C10H9BrF3NO/c1-5(11)9(16)6-2-7(10(12,13)14)4-8(15)3-6/h2-5H,15H2,1H3. The molecule has 16 heavy (non-hydrogen) atoms. The van der Waals surface area contributed by atoms with Crippen molar-refractivity contribution in [1.82, 2.24) is 0 Å². The second-order valence-corrected chi connectivity index (χ2v) is 4.70. The largest absolute Gasteiger partial charge is 0.416 e. The molecule has 1 rings (SSSR count). The molecule has 0 aromatic heterocycles. The van der Waals surface area contributed by atoms with Crippen molar-refractivity contribution in [3.8, 4) is 0 Å². The van der Waals surface area contributed by atoms with Crippen molar-refractivity contribution in [3.63, 3.8) is 0 Å². The second kappa shape index (κ2) is 4.45. The quantitative estimate of drug-likeness (QED) is 0.517. The van der Waals surface area contributed by atoms with Crippen molar-refractivity contribution in [2.45, 2.75) is 17.9 Å². The van der Waals surface area contributed by atoms with Crippen molar-refractivity contribution in [3.05, 3.63) is 29.3 Å². The number of ketones is 1. The summed E-state index contributed by atoms with van der Waals surface area (Å²) < 4.78 is 37.3. The van der Waals surface area contributed by atoms with Gasteiger partial charge in [-0.3, -0.25) is 4.79 Å². The number of carbonyl (C=O) groups is 1. The highest BCUT2D eigenvalue weighted by Crippen LogP contribution is 2.31. The zero-order chi connectivity index (χ0) is 12.5. The van der Waals surface area contributed by atoms with E-state index in [1.807, 2.05) is 0 Å². The van der Waals surface area contributed by atoms with Gasteiger partial charge in [0.1, 0.15) is 0 Å². The Bertz CT molecular complexity index is 415. The first-order valence-corrected chi connectivity index (χ1v) is 5.29. The van der Waals surface area contributed by atoms with Gasteiger partial charge in [0.15, 0.2) is 5.78 Å². The first kappa shape index (κ1) is 13.0. The first-order chi connectivity index (χ1) is 7.21. The Morgan fingerprint density at radius 3 is 2.38 bits per heavy atom. The Morgan fingerprint density at radius 1 is 1.38 bits per heavy atom. The molecule has 0 aliphatic rings. The third-order valence-corrected chi connectivity index (χ3v) is 2.34. The summed E-state index contributed by atoms with van der Waals surface area (Å²) in [5.41, 5.74) is 4.29. The predicted molar refractivity (Wildman–Crippen MR) is 58.6 cm³/mol. The van der Waals surface area contributed by atoms with Gasteiger partial charge >= 0.3 is 6.18 Å². The highest BCUT2D eigenvalue weighted by molar-refractivity contribution is 9.10. The molecule has 2 nitrogen and oxygen atoms in total.